The Morgan fingerprint density at radius 3 is 2.93 bits per heavy atom. The molecule has 1 aromatic heterocycles. The number of hydrogen-bond donors (Lipinski definition) is 0. The van der Waals surface area contributed by atoms with Crippen LogP contribution in [0.3, 0.4) is 0 Å². The summed E-state index contributed by atoms with van der Waals surface area (Å²) in [6.45, 7) is 4.87. The lowest BCUT2D eigenvalue weighted by Crippen LogP contribution is -2.24. The lowest BCUT2D eigenvalue weighted by Gasteiger charge is -2.21. The molecule has 0 bridgehead atoms. The molecular formula is C11H15ClN2O. The number of nitrogens with zero attached hydrogens (tertiary/aromatic N) is 2. The summed E-state index contributed by atoms with van der Waals surface area (Å²) in [5.74, 6) is 0.726. The van der Waals surface area contributed by atoms with Crippen molar-refractivity contribution in [1.29, 1.82) is 0 Å². The van der Waals surface area contributed by atoms with Gasteiger partial charge in [-0.05, 0) is 32.3 Å². The van der Waals surface area contributed by atoms with Crippen molar-refractivity contribution in [2.45, 2.75) is 38.7 Å². The molecule has 1 unspecified atom stereocenters. The van der Waals surface area contributed by atoms with E-state index >= 15 is 0 Å². The lowest BCUT2D eigenvalue weighted by atomic mass is 10.0. The maximum Gasteiger partial charge on any atom is 0.161 e. The zero-order valence-electron chi connectivity index (χ0n) is 9.09. The van der Waals surface area contributed by atoms with Crippen molar-refractivity contribution in [2.75, 3.05) is 6.61 Å². The molecule has 1 saturated heterocycles. The molecule has 0 aliphatic carbocycles. The van der Waals surface area contributed by atoms with Gasteiger partial charge >= 0.3 is 0 Å². The van der Waals surface area contributed by atoms with Crippen molar-refractivity contribution in [3.63, 3.8) is 0 Å². The molecule has 0 radical (unpaired) electrons. The predicted octanol–water partition coefficient (Wildman–Crippen LogP) is 2.72. The minimum atomic E-state index is -0.338. The second-order valence-corrected chi connectivity index (χ2v) is 4.43. The third kappa shape index (κ3) is 2.13. The molecule has 1 aliphatic heterocycles. The fourth-order valence-electron chi connectivity index (χ4n) is 1.84. The monoisotopic (exact) mass is 226 g/mol. The largest absolute Gasteiger partial charge is 0.367 e. The first kappa shape index (κ1) is 10.8. The highest BCUT2D eigenvalue weighted by Crippen LogP contribution is 2.33. The Hall–Kier alpha value is -0.670. The van der Waals surface area contributed by atoms with Crippen LogP contribution in [0.2, 0.25) is 5.15 Å². The Labute approximate surface area is 94.8 Å². The average Bonchev–Trinajstić information content (AvgIpc) is 2.65. The van der Waals surface area contributed by atoms with Gasteiger partial charge in [-0.25, -0.2) is 9.97 Å². The van der Waals surface area contributed by atoms with Crippen LogP contribution in [0.4, 0.5) is 0 Å². The number of rotatable bonds is 2. The summed E-state index contributed by atoms with van der Waals surface area (Å²) in [6, 6.07) is 1.81. The van der Waals surface area contributed by atoms with Crippen molar-refractivity contribution in [2.24, 2.45) is 0 Å². The van der Waals surface area contributed by atoms with Crippen LogP contribution in [0.1, 0.15) is 38.2 Å². The van der Waals surface area contributed by atoms with Crippen LogP contribution < -0.4 is 0 Å². The third-order valence-electron chi connectivity index (χ3n) is 2.80. The van der Waals surface area contributed by atoms with E-state index in [4.69, 9.17) is 16.3 Å². The molecule has 0 aromatic carbocycles. The first-order valence-corrected chi connectivity index (χ1v) is 5.70. The zero-order chi connectivity index (χ0) is 10.9. The van der Waals surface area contributed by atoms with Gasteiger partial charge in [0, 0.05) is 12.3 Å². The summed E-state index contributed by atoms with van der Waals surface area (Å²) in [4.78, 5) is 8.75. The lowest BCUT2D eigenvalue weighted by molar-refractivity contribution is 0.00917. The van der Waals surface area contributed by atoms with E-state index in [0.717, 1.165) is 37.4 Å². The maximum atomic E-state index is 5.96. The molecule has 2 heterocycles. The first-order valence-electron chi connectivity index (χ1n) is 5.32. The van der Waals surface area contributed by atoms with E-state index in [1.807, 2.05) is 13.0 Å². The Kier molecular flexibility index (Phi) is 2.94. The molecular weight excluding hydrogens is 212 g/mol. The molecule has 1 aromatic rings. The zero-order valence-corrected chi connectivity index (χ0v) is 9.84. The van der Waals surface area contributed by atoms with Gasteiger partial charge in [-0.1, -0.05) is 18.5 Å². The number of aryl methyl sites for hydroxylation is 1. The van der Waals surface area contributed by atoms with E-state index in [1.54, 1.807) is 0 Å². The molecule has 1 atom stereocenters. The highest BCUT2D eigenvalue weighted by molar-refractivity contribution is 6.29. The smallest absolute Gasteiger partial charge is 0.161 e. The van der Waals surface area contributed by atoms with Gasteiger partial charge in [0.15, 0.2) is 5.82 Å². The SMILES string of the molecule is CCc1cc(Cl)nc(C2(C)CCCO2)n1. The van der Waals surface area contributed by atoms with Crippen molar-refractivity contribution >= 4 is 11.6 Å². The number of ether oxygens (including phenoxy) is 1. The normalized spacial score (nSPS) is 25.8. The molecule has 3 nitrogen and oxygen atoms in total. The average molecular weight is 227 g/mol. The summed E-state index contributed by atoms with van der Waals surface area (Å²) in [5, 5.41) is 0.508. The minimum Gasteiger partial charge on any atom is -0.367 e. The second-order valence-electron chi connectivity index (χ2n) is 4.04. The van der Waals surface area contributed by atoms with E-state index in [9.17, 15) is 0 Å². The molecule has 2 rings (SSSR count). The highest BCUT2D eigenvalue weighted by atomic mass is 35.5. The topological polar surface area (TPSA) is 35.0 Å². The van der Waals surface area contributed by atoms with E-state index in [1.165, 1.54) is 0 Å². The van der Waals surface area contributed by atoms with Crippen molar-refractivity contribution < 1.29 is 4.74 Å². The summed E-state index contributed by atoms with van der Waals surface area (Å²) in [6.07, 6.45) is 2.90. The van der Waals surface area contributed by atoms with E-state index in [0.29, 0.717) is 5.15 Å². The van der Waals surface area contributed by atoms with Crippen LogP contribution in [0.5, 0.6) is 0 Å². The van der Waals surface area contributed by atoms with Gasteiger partial charge in [-0.3, -0.25) is 0 Å². The molecule has 4 heteroatoms. The molecule has 1 aliphatic rings. The number of aromatic nitrogens is 2. The molecule has 0 spiro atoms. The third-order valence-corrected chi connectivity index (χ3v) is 3.00. The maximum absolute atomic E-state index is 5.96. The van der Waals surface area contributed by atoms with Crippen LogP contribution in [-0.4, -0.2) is 16.6 Å². The van der Waals surface area contributed by atoms with Crippen LogP contribution >= 0.6 is 11.6 Å². The minimum absolute atomic E-state index is 0.338. The molecule has 0 N–H and O–H groups in total. The highest BCUT2D eigenvalue weighted by Gasteiger charge is 2.35. The summed E-state index contributed by atoms with van der Waals surface area (Å²) < 4.78 is 5.70. The molecule has 0 saturated carbocycles. The first-order chi connectivity index (χ1) is 7.14. The van der Waals surface area contributed by atoms with Crippen molar-refractivity contribution in [3.05, 3.63) is 22.7 Å². The van der Waals surface area contributed by atoms with Crippen LogP contribution in [0.25, 0.3) is 0 Å². The number of hydrogen-bond acceptors (Lipinski definition) is 3. The molecule has 1 fully saturated rings. The Bertz CT molecular complexity index is 362. The van der Waals surface area contributed by atoms with Gasteiger partial charge in [0.2, 0.25) is 0 Å². The summed E-state index contributed by atoms with van der Waals surface area (Å²) >= 11 is 5.96. The van der Waals surface area contributed by atoms with E-state index < -0.39 is 0 Å². The van der Waals surface area contributed by atoms with Crippen molar-refractivity contribution in [1.82, 2.24) is 9.97 Å². The Morgan fingerprint density at radius 2 is 2.33 bits per heavy atom. The predicted molar refractivity (Wildman–Crippen MR) is 59.0 cm³/mol. The Morgan fingerprint density at radius 1 is 1.53 bits per heavy atom. The van der Waals surface area contributed by atoms with Crippen molar-refractivity contribution in [3.8, 4) is 0 Å². The van der Waals surface area contributed by atoms with Gasteiger partial charge in [-0.15, -0.1) is 0 Å². The number of halogens is 1. The van der Waals surface area contributed by atoms with Gasteiger partial charge in [-0.2, -0.15) is 0 Å². The quantitative estimate of drug-likeness (QED) is 0.728. The second kappa shape index (κ2) is 4.06. The van der Waals surface area contributed by atoms with Crippen LogP contribution in [0, 0.1) is 0 Å². The van der Waals surface area contributed by atoms with Gasteiger partial charge < -0.3 is 4.74 Å². The summed E-state index contributed by atoms with van der Waals surface area (Å²) in [5.41, 5.74) is 0.635. The summed E-state index contributed by atoms with van der Waals surface area (Å²) in [7, 11) is 0. The van der Waals surface area contributed by atoms with Crippen LogP contribution in [-0.2, 0) is 16.8 Å². The van der Waals surface area contributed by atoms with E-state index in [2.05, 4.69) is 16.9 Å². The van der Waals surface area contributed by atoms with Gasteiger partial charge in [0.25, 0.3) is 0 Å². The van der Waals surface area contributed by atoms with E-state index in [-0.39, 0.29) is 5.60 Å². The van der Waals surface area contributed by atoms with Gasteiger partial charge in [0.1, 0.15) is 10.8 Å². The molecule has 15 heavy (non-hydrogen) atoms. The van der Waals surface area contributed by atoms with Crippen LogP contribution in [0.15, 0.2) is 6.07 Å². The fourth-order valence-corrected chi connectivity index (χ4v) is 2.04. The standard InChI is InChI=1S/C11H15ClN2O/c1-3-8-7-9(12)14-10(13-8)11(2)5-4-6-15-11/h7H,3-6H2,1-2H3. The molecule has 82 valence electrons. The Balaban J connectivity index is 2.38. The van der Waals surface area contributed by atoms with Gasteiger partial charge in [0.05, 0.1) is 0 Å². The fraction of sp³-hybridized carbons (Fsp3) is 0.636. The molecule has 0 amide bonds.